The molecular weight excluding hydrogens is 326 g/mol. The number of halogens is 5. The van der Waals surface area contributed by atoms with Crippen molar-refractivity contribution in [2.75, 3.05) is 0 Å². The van der Waals surface area contributed by atoms with Gasteiger partial charge in [0.1, 0.15) is 5.49 Å². The van der Waals surface area contributed by atoms with Crippen molar-refractivity contribution in [1.82, 2.24) is 9.55 Å². The van der Waals surface area contributed by atoms with Crippen LogP contribution in [0.25, 0.3) is 0 Å². The minimum absolute atomic E-state index is 0.0219. The van der Waals surface area contributed by atoms with E-state index in [1.165, 1.54) is 35.2 Å². The first-order valence-electron chi connectivity index (χ1n) is 5.88. The molecule has 0 saturated carbocycles. The van der Waals surface area contributed by atoms with Crippen LogP contribution in [0.4, 0.5) is 17.6 Å². The molecule has 0 aliphatic carbocycles. The zero-order chi connectivity index (χ0) is 16.3. The number of carbonyl (C=O) groups excluding carboxylic acids is 1. The van der Waals surface area contributed by atoms with Crippen molar-refractivity contribution in [2.45, 2.75) is 12.7 Å². The smallest absolute Gasteiger partial charge is 0.328 e. The zero-order valence-corrected chi connectivity index (χ0v) is 11.6. The Balaban J connectivity index is 2.38. The van der Waals surface area contributed by atoms with E-state index < -0.39 is 17.9 Å². The lowest BCUT2D eigenvalue weighted by molar-refractivity contribution is -0.169. The molecule has 0 unspecified atom stereocenters. The van der Waals surface area contributed by atoms with Gasteiger partial charge >= 0.3 is 12.1 Å². The highest BCUT2D eigenvalue weighted by Crippen LogP contribution is 2.16. The third-order valence-corrected chi connectivity index (χ3v) is 2.86. The standard InChI is InChI=1S/C13H8ClF4N3O/c14-11-9(15)5-8(6-19-11)7-21-4-2-1-3-10(21)20-12(22)13(16,17)18/h1-6H,7H2. The van der Waals surface area contributed by atoms with Gasteiger partial charge in [-0.25, -0.2) is 9.37 Å². The second-order valence-corrected chi connectivity index (χ2v) is 4.58. The maximum absolute atomic E-state index is 13.3. The van der Waals surface area contributed by atoms with Crippen LogP contribution in [0.15, 0.2) is 41.7 Å². The molecule has 0 spiro atoms. The van der Waals surface area contributed by atoms with Gasteiger partial charge in [-0.05, 0) is 23.8 Å². The number of rotatable bonds is 2. The van der Waals surface area contributed by atoms with Crippen molar-refractivity contribution in [3.8, 4) is 0 Å². The van der Waals surface area contributed by atoms with Crippen LogP contribution in [0, 0.1) is 5.82 Å². The van der Waals surface area contributed by atoms with Gasteiger partial charge in [-0.15, -0.1) is 0 Å². The molecule has 0 N–H and O–H groups in total. The Morgan fingerprint density at radius 1 is 1.36 bits per heavy atom. The summed E-state index contributed by atoms with van der Waals surface area (Å²) in [5, 5.41) is -0.307. The summed E-state index contributed by atoms with van der Waals surface area (Å²) in [4.78, 5) is 17.6. The molecule has 0 bridgehead atoms. The highest BCUT2D eigenvalue weighted by Gasteiger charge is 2.38. The van der Waals surface area contributed by atoms with Gasteiger partial charge in [-0.3, -0.25) is 4.79 Å². The second-order valence-electron chi connectivity index (χ2n) is 4.22. The van der Waals surface area contributed by atoms with Gasteiger partial charge in [-0.2, -0.15) is 18.2 Å². The molecule has 2 heterocycles. The van der Waals surface area contributed by atoms with Crippen LogP contribution in [0.2, 0.25) is 5.15 Å². The molecule has 0 atom stereocenters. The fourth-order valence-electron chi connectivity index (χ4n) is 1.61. The molecule has 0 radical (unpaired) electrons. The normalized spacial score (nSPS) is 12.5. The Kier molecular flexibility index (Phi) is 4.60. The summed E-state index contributed by atoms with van der Waals surface area (Å²) in [6.07, 6.45) is -2.36. The summed E-state index contributed by atoms with van der Waals surface area (Å²) in [6, 6.07) is 5.31. The lowest BCUT2D eigenvalue weighted by Crippen LogP contribution is -2.27. The van der Waals surface area contributed by atoms with Crippen molar-refractivity contribution in [3.05, 3.63) is 58.7 Å². The van der Waals surface area contributed by atoms with Gasteiger partial charge in [0.05, 0.1) is 6.54 Å². The Hall–Kier alpha value is -2.22. The van der Waals surface area contributed by atoms with Crippen LogP contribution in [0.3, 0.4) is 0 Å². The summed E-state index contributed by atoms with van der Waals surface area (Å²) < 4.78 is 51.4. The van der Waals surface area contributed by atoms with Crippen molar-refractivity contribution in [1.29, 1.82) is 0 Å². The Bertz CT molecular complexity index is 770. The van der Waals surface area contributed by atoms with Gasteiger partial charge in [-0.1, -0.05) is 17.7 Å². The molecule has 22 heavy (non-hydrogen) atoms. The second kappa shape index (κ2) is 6.27. The fraction of sp³-hybridized carbons (Fsp3) is 0.154. The largest absolute Gasteiger partial charge is 0.473 e. The minimum Gasteiger partial charge on any atom is -0.328 e. The van der Waals surface area contributed by atoms with Gasteiger partial charge in [0.15, 0.2) is 11.0 Å². The third kappa shape index (κ3) is 3.91. The summed E-state index contributed by atoms with van der Waals surface area (Å²) in [5.74, 6) is -2.96. The van der Waals surface area contributed by atoms with Crippen molar-refractivity contribution in [3.63, 3.8) is 0 Å². The monoisotopic (exact) mass is 333 g/mol. The van der Waals surface area contributed by atoms with E-state index in [1.807, 2.05) is 0 Å². The number of alkyl halides is 3. The third-order valence-electron chi connectivity index (χ3n) is 2.58. The number of carbonyl (C=O) groups is 1. The van der Waals surface area contributed by atoms with E-state index in [4.69, 9.17) is 11.6 Å². The summed E-state index contributed by atoms with van der Waals surface area (Å²) in [7, 11) is 0. The summed E-state index contributed by atoms with van der Waals surface area (Å²) in [6.45, 7) is -0.0219. The topological polar surface area (TPSA) is 47.2 Å². The maximum atomic E-state index is 13.3. The summed E-state index contributed by atoms with van der Waals surface area (Å²) >= 11 is 5.45. The van der Waals surface area contributed by atoms with E-state index in [0.29, 0.717) is 5.56 Å². The van der Waals surface area contributed by atoms with E-state index in [1.54, 1.807) is 0 Å². The number of hydrogen-bond donors (Lipinski definition) is 0. The van der Waals surface area contributed by atoms with Crippen LogP contribution >= 0.6 is 11.6 Å². The van der Waals surface area contributed by atoms with E-state index in [-0.39, 0.29) is 17.2 Å². The van der Waals surface area contributed by atoms with Crippen molar-refractivity contribution < 1.29 is 22.4 Å². The molecule has 4 nitrogen and oxygen atoms in total. The molecule has 0 aliphatic heterocycles. The highest BCUT2D eigenvalue weighted by atomic mass is 35.5. The number of aromatic nitrogens is 2. The maximum Gasteiger partial charge on any atom is 0.473 e. The number of pyridine rings is 2. The van der Waals surface area contributed by atoms with E-state index in [9.17, 15) is 22.4 Å². The molecule has 0 saturated heterocycles. The molecule has 2 rings (SSSR count). The van der Waals surface area contributed by atoms with Crippen LogP contribution in [0.5, 0.6) is 0 Å². The fourth-order valence-corrected chi connectivity index (χ4v) is 1.72. The van der Waals surface area contributed by atoms with E-state index in [0.717, 1.165) is 6.07 Å². The summed E-state index contributed by atoms with van der Waals surface area (Å²) in [5.41, 5.74) is 0.147. The molecule has 116 valence electrons. The van der Waals surface area contributed by atoms with E-state index in [2.05, 4.69) is 9.98 Å². The van der Waals surface area contributed by atoms with Gasteiger partial charge < -0.3 is 4.57 Å². The average Bonchev–Trinajstić information content (AvgIpc) is 2.44. The lowest BCUT2D eigenvalue weighted by Gasteiger charge is -2.08. The Labute approximate surface area is 126 Å². The van der Waals surface area contributed by atoms with Crippen molar-refractivity contribution in [2.24, 2.45) is 4.99 Å². The first-order chi connectivity index (χ1) is 10.3. The van der Waals surface area contributed by atoms with Crippen LogP contribution in [-0.4, -0.2) is 21.6 Å². The molecule has 2 aromatic heterocycles. The first kappa shape index (κ1) is 16.2. The quantitative estimate of drug-likeness (QED) is 0.626. The molecule has 0 aliphatic rings. The number of hydrogen-bond acceptors (Lipinski definition) is 2. The lowest BCUT2D eigenvalue weighted by atomic mass is 10.2. The minimum atomic E-state index is -5.05. The molecule has 0 aromatic carbocycles. The Morgan fingerprint density at radius 2 is 2.09 bits per heavy atom. The van der Waals surface area contributed by atoms with Gasteiger partial charge in [0.2, 0.25) is 0 Å². The zero-order valence-electron chi connectivity index (χ0n) is 10.8. The highest BCUT2D eigenvalue weighted by molar-refractivity contribution is 6.29. The molecule has 2 aromatic rings. The predicted octanol–water partition coefficient (Wildman–Crippen LogP) is 2.71. The number of nitrogens with zero attached hydrogens (tertiary/aromatic N) is 3. The van der Waals surface area contributed by atoms with Crippen LogP contribution < -0.4 is 5.49 Å². The predicted molar refractivity (Wildman–Crippen MR) is 69.4 cm³/mol. The van der Waals surface area contributed by atoms with Gasteiger partial charge in [0.25, 0.3) is 0 Å². The van der Waals surface area contributed by atoms with Crippen LogP contribution in [0.1, 0.15) is 5.56 Å². The Morgan fingerprint density at radius 3 is 2.73 bits per heavy atom. The van der Waals surface area contributed by atoms with Crippen molar-refractivity contribution >= 4 is 17.5 Å². The van der Waals surface area contributed by atoms with Crippen LogP contribution in [-0.2, 0) is 11.3 Å². The SMILES string of the molecule is O=C(N=c1ccccn1Cc1cnc(Cl)c(F)c1)C(F)(F)F. The number of amides is 1. The first-order valence-corrected chi connectivity index (χ1v) is 6.26. The average molecular weight is 334 g/mol. The molecule has 0 fully saturated rings. The molecule has 1 amide bonds. The van der Waals surface area contributed by atoms with Gasteiger partial charge in [0, 0.05) is 12.4 Å². The van der Waals surface area contributed by atoms with E-state index >= 15 is 0 Å². The molecule has 9 heteroatoms. The molecular formula is C13H8ClF4N3O.